The van der Waals surface area contributed by atoms with E-state index in [2.05, 4.69) is 9.97 Å². The van der Waals surface area contributed by atoms with Crippen molar-refractivity contribution in [2.45, 2.75) is 12.5 Å². The normalized spacial score (nSPS) is 13.7. The number of rotatable bonds is 3. The van der Waals surface area contributed by atoms with Gasteiger partial charge in [0.2, 0.25) is 0 Å². The Morgan fingerprint density at radius 1 is 1.54 bits per heavy atom. The number of imidazole rings is 1. The number of hydrogen-bond acceptors (Lipinski definition) is 4. The minimum Gasteiger partial charge on any atom is -0.340 e. The number of nitrogens with one attached hydrogen (secondary N) is 1. The van der Waals surface area contributed by atoms with Crippen molar-refractivity contribution in [3.8, 4) is 0 Å². The van der Waals surface area contributed by atoms with E-state index < -0.39 is 0 Å². The molecule has 0 aliphatic rings. The summed E-state index contributed by atoms with van der Waals surface area (Å²) in [7, 11) is 0. The summed E-state index contributed by atoms with van der Waals surface area (Å²) in [4.78, 5) is 7.54. The summed E-state index contributed by atoms with van der Waals surface area (Å²) in [5.41, 5.74) is 13.3. The summed E-state index contributed by atoms with van der Waals surface area (Å²) >= 11 is 1.63. The number of H-pyrrole nitrogens is 1. The maximum atomic E-state index is 5.86. The van der Waals surface area contributed by atoms with Gasteiger partial charge in [0.25, 0.3) is 0 Å². The maximum absolute atomic E-state index is 5.86. The van der Waals surface area contributed by atoms with E-state index in [1.54, 1.807) is 11.3 Å². The Balaban J connectivity index is 2.28. The molecule has 0 aromatic carbocycles. The zero-order valence-corrected chi connectivity index (χ0v) is 7.97. The fourth-order valence-electron chi connectivity index (χ4n) is 1.26. The highest BCUT2D eigenvalue weighted by Gasteiger charge is 2.10. The second-order valence-corrected chi connectivity index (χ2v) is 3.72. The van der Waals surface area contributed by atoms with Gasteiger partial charge in [0.05, 0.1) is 17.1 Å². The topological polar surface area (TPSA) is 80.7 Å². The number of aromatic nitrogens is 2. The largest absolute Gasteiger partial charge is 0.340 e. The van der Waals surface area contributed by atoms with Gasteiger partial charge in [0.15, 0.2) is 0 Å². The second-order valence-electron chi connectivity index (χ2n) is 2.98. The quantitative estimate of drug-likeness (QED) is 0.684. The summed E-state index contributed by atoms with van der Waals surface area (Å²) in [6.07, 6.45) is 0.763. The lowest BCUT2D eigenvalue weighted by molar-refractivity contribution is 0.630. The zero-order valence-electron chi connectivity index (χ0n) is 7.16. The first kappa shape index (κ1) is 8.68. The van der Waals surface area contributed by atoms with E-state index in [0.717, 1.165) is 23.3 Å². The van der Waals surface area contributed by atoms with Gasteiger partial charge in [-0.2, -0.15) is 0 Å². The summed E-state index contributed by atoms with van der Waals surface area (Å²) < 4.78 is 0. The molecule has 2 aromatic rings. The van der Waals surface area contributed by atoms with E-state index >= 15 is 0 Å². The van der Waals surface area contributed by atoms with Crippen molar-refractivity contribution >= 4 is 22.4 Å². The minimum absolute atomic E-state index is 0.0672. The lowest BCUT2D eigenvalue weighted by atomic mass is 10.2. The fraction of sp³-hybridized carbons (Fsp3) is 0.375. The van der Waals surface area contributed by atoms with Crippen molar-refractivity contribution in [1.29, 1.82) is 0 Å². The van der Waals surface area contributed by atoms with Gasteiger partial charge in [-0.05, 0) is 13.0 Å². The summed E-state index contributed by atoms with van der Waals surface area (Å²) in [5.74, 6) is 0.836. The van der Waals surface area contributed by atoms with Gasteiger partial charge in [-0.1, -0.05) is 0 Å². The third-order valence-corrected chi connectivity index (χ3v) is 2.71. The van der Waals surface area contributed by atoms with Crippen LogP contribution in [0.4, 0.5) is 0 Å². The molecular weight excluding hydrogens is 184 g/mol. The van der Waals surface area contributed by atoms with Gasteiger partial charge in [0.1, 0.15) is 5.82 Å². The molecule has 5 heteroatoms. The molecule has 0 saturated heterocycles. The third kappa shape index (κ3) is 1.58. The Hall–Kier alpha value is -0.910. The molecule has 70 valence electrons. The van der Waals surface area contributed by atoms with E-state index in [4.69, 9.17) is 11.5 Å². The summed E-state index contributed by atoms with van der Waals surface area (Å²) in [6, 6.07) is -0.0672. The van der Waals surface area contributed by atoms with Crippen molar-refractivity contribution in [2.24, 2.45) is 11.5 Å². The van der Waals surface area contributed by atoms with Crippen molar-refractivity contribution in [1.82, 2.24) is 9.97 Å². The molecule has 0 saturated carbocycles. The van der Waals surface area contributed by atoms with E-state index in [1.807, 2.05) is 10.8 Å². The van der Waals surface area contributed by atoms with E-state index in [1.165, 1.54) is 0 Å². The van der Waals surface area contributed by atoms with Crippen molar-refractivity contribution in [3.63, 3.8) is 0 Å². The lowest BCUT2D eigenvalue weighted by Crippen LogP contribution is -2.16. The van der Waals surface area contributed by atoms with Crippen molar-refractivity contribution in [2.75, 3.05) is 6.54 Å². The molecule has 1 unspecified atom stereocenters. The minimum atomic E-state index is -0.0672. The Labute approximate surface area is 80.0 Å². The highest BCUT2D eigenvalue weighted by atomic mass is 32.1. The first-order valence-electron chi connectivity index (χ1n) is 4.18. The summed E-state index contributed by atoms with van der Waals surface area (Å²) in [5, 5.41) is 4.03. The Kier molecular flexibility index (Phi) is 2.30. The van der Waals surface area contributed by atoms with Crippen LogP contribution < -0.4 is 11.5 Å². The van der Waals surface area contributed by atoms with Crippen LogP contribution >= 0.6 is 11.3 Å². The molecule has 4 nitrogen and oxygen atoms in total. The highest BCUT2D eigenvalue weighted by Crippen LogP contribution is 2.19. The van der Waals surface area contributed by atoms with E-state index in [-0.39, 0.29) is 6.04 Å². The van der Waals surface area contributed by atoms with Crippen LogP contribution in [-0.2, 0) is 0 Å². The van der Waals surface area contributed by atoms with Crippen molar-refractivity contribution in [3.05, 3.63) is 16.6 Å². The number of nitrogens with two attached hydrogens (primary N) is 2. The van der Waals surface area contributed by atoms with Crippen LogP contribution in [0.3, 0.4) is 0 Å². The van der Waals surface area contributed by atoms with Gasteiger partial charge < -0.3 is 16.5 Å². The van der Waals surface area contributed by atoms with Crippen LogP contribution in [0.2, 0.25) is 0 Å². The molecule has 2 rings (SSSR count). The molecule has 0 amide bonds. The van der Waals surface area contributed by atoms with Crippen LogP contribution in [0.1, 0.15) is 18.3 Å². The molecule has 1 atom stereocenters. The van der Waals surface area contributed by atoms with Gasteiger partial charge >= 0.3 is 0 Å². The number of aromatic amines is 1. The van der Waals surface area contributed by atoms with Crippen molar-refractivity contribution < 1.29 is 0 Å². The summed E-state index contributed by atoms with van der Waals surface area (Å²) in [6.45, 7) is 0.592. The molecular formula is C8H12N4S. The third-order valence-electron chi connectivity index (χ3n) is 1.97. The predicted octanol–water partition coefficient (Wildman–Crippen LogP) is 0.973. The van der Waals surface area contributed by atoms with Gasteiger partial charge in [0, 0.05) is 10.8 Å². The Bertz CT molecular complexity index is 363. The molecule has 0 spiro atoms. The van der Waals surface area contributed by atoms with E-state index in [0.29, 0.717) is 6.54 Å². The average Bonchev–Trinajstić information content (AvgIpc) is 2.61. The molecule has 0 radical (unpaired) electrons. The molecule has 5 N–H and O–H groups in total. The van der Waals surface area contributed by atoms with Crippen LogP contribution in [0, 0.1) is 0 Å². The highest BCUT2D eigenvalue weighted by molar-refractivity contribution is 7.09. The second kappa shape index (κ2) is 3.45. The fourth-order valence-corrected chi connectivity index (χ4v) is 1.95. The van der Waals surface area contributed by atoms with Gasteiger partial charge in [-0.25, -0.2) is 4.98 Å². The van der Waals surface area contributed by atoms with Crippen LogP contribution in [0.25, 0.3) is 11.0 Å². The molecule has 0 aliphatic carbocycles. The first-order chi connectivity index (χ1) is 6.31. The van der Waals surface area contributed by atoms with Gasteiger partial charge in [-0.3, -0.25) is 0 Å². The molecule has 0 fully saturated rings. The van der Waals surface area contributed by atoms with Gasteiger partial charge in [-0.15, -0.1) is 11.3 Å². The Morgan fingerprint density at radius 3 is 3.08 bits per heavy atom. The van der Waals surface area contributed by atoms with Crippen LogP contribution in [-0.4, -0.2) is 16.5 Å². The number of fused-ring (bicyclic) bond motifs is 1. The standard InChI is InChI=1S/C8H12N4S/c9-2-1-5(10)8-11-6-3-13-4-7(6)12-8/h3-5H,1-2,9-10H2,(H,11,12). The predicted molar refractivity (Wildman–Crippen MR) is 54.6 cm³/mol. The number of hydrogen-bond donors (Lipinski definition) is 3. The van der Waals surface area contributed by atoms with E-state index in [9.17, 15) is 0 Å². The molecule has 13 heavy (non-hydrogen) atoms. The van der Waals surface area contributed by atoms with Crippen LogP contribution in [0.5, 0.6) is 0 Å². The Morgan fingerprint density at radius 2 is 2.38 bits per heavy atom. The van der Waals surface area contributed by atoms with Crippen LogP contribution in [0.15, 0.2) is 10.8 Å². The molecule has 0 bridgehead atoms. The molecule has 2 aromatic heterocycles. The lowest BCUT2D eigenvalue weighted by Gasteiger charge is -2.05. The monoisotopic (exact) mass is 196 g/mol. The molecule has 2 heterocycles. The zero-order chi connectivity index (χ0) is 9.26. The first-order valence-corrected chi connectivity index (χ1v) is 5.13. The maximum Gasteiger partial charge on any atom is 0.124 e. The molecule has 0 aliphatic heterocycles. The smallest absolute Gasteiger partial charge is 0.124 e. The SMILES string of the molecule is NCCC(N)c1nc2cscc2[nH]1. The number of thiophene rings is 1. The number of nitrogens with zero attached hydrogens (tertiary/aromatic N) is 1. The average molecular weight is 196 g/mol.